The van der Waals surface area contributed by atoms with Crippen molar-refractivity contribution in [3.63, 3.8) is 0 Å². The van der Waals surface area contributed by atoms with E-state index >= 15 is 0 Å². The van der Waals surface area contributed by atoms with Gasteiger partial charge in [0.2, 0.25) is 0 Å². The minimum absolute atomic E-state index is 0.0149. The largest absolute Gasteiger partial charge is 0.496 e. The summed E-state index contributed by atoms with van der Waals surface area (Å²) in [5.41, 5.74) is 4.05. The molecular weight excluding hydrogens is 372 g/mol. The molecule has 2 aromatic carbocycles. The Kier molecular flexibility index (Phi) is 5.61. The predicted octanol–water partition coefficient (Wildman–Crippen LogP) is 5.34. The van der Waals surface area contributed by atoms with Crippen LogP contribution in [0.15, 0.2) is 35.1 Å². The van der Waals surface area contributed by atoms with Gasteiger partial charge in [-0.2, -0.15) is 0 Å². The number of nitrogens with one attached hydrogen (secondary N) is 1. The second-order valence-electron chi connectivity index (χ2n) is 7.53. The van der Waals surface area contributed by atoms with E-state index in [1.807, 2.05) is 51.1 Å². The molecule has 0 atom stereocenters. The molecule has 6 heteroatoms. The predicted molar refractivity (Wildman–Crippen MR) is 116 cm³/mol. The van der Waals surface area contributed by atoms with E-state index in [2.05, 4.69) is 19.2 Å². The number of nitrogens with zero attached hydrogens (tertiary/aromatic N) is 1. The number of benzene rings is 2. The third kappa shape index (κ3) is 3.69. The number of aromatic nitrogens is 1. The second kappa shape index (κ2) is 7.80. The minimum atomic E-state index is -0.169. The van der Waals surface area contributed by atoms with Crippen LogP contribution in [0.5, 0.6) is 5.75 Å². The quantitative estimate of drug-likeness (QED) is 0.631. The molecule has 0 unspecified atom stereocenters. The van der Waals surface area contributed by atoms with Crippen LogP contribution in [0.3, 0.4) is 0 Å². The molecule has 0 radical (unpaired) electrons. The first-order valence-corrected chi connectivity index (χ1v) is 10.2. The molecule has 1 amide bonds. The number of ether oxygens (including phenoxy) is 1. The molecule has 0 aliphatic heterocycles. The van der Waals surface area contributed by atoms with Crippen LogP contribution in [0.1, 0.15) is 61.1 Å². The van der Waals surface area contributed by atoms with Crippen molar-refractivity contribution in [2.24, 2.45) is 0 Å². The zero-order valence-electron chi connectivity index (χ0n) is 17.1. The van der Waals surface area contributed by atoms with Gasteiger partial charge in [-0.3, -0.25) is 14.2 Å². The third-order valence-corrected chi connectivity index (χ3v) is 5.75. The fourth-order valence-electron chi connectivity index (χ4n) is 3.37. The third-order valence-electron chi connectivity index (χ3n) is 4.83. The molecule has 28 heavy (non-hydrogen) atoms. The molecule has 1 heterocycles. The lowest BCUT2D eigenvalue weighted by molar-refractivity contribution is 0.102. The highest BCUT2D eigenvalue weighted by Gasteiger charge is 2.17. The van der Waals surface area contributed by atoms with Gasteiger partial charge < -0.3 is 10.1 Å². The van der Waals surface area contributed by atoms with E-state index in [1.54, 1.807) is 11.7 Å². The van der Waals surface area contributed by atoms with Crippen molar-refractivity contribution in [1.82, 2.24) is 4.57 Å². The van der Waals surface area contributed by atoms with Gasteiger partial charge >= 0.3 is 4.87 Å². The summed E-state index contributed by atoms with van der Waals surface area (Å²) in [6.07, 6.45) is 0. The van der Waals surface area contributed by atoms with E-state index in [0.29, 0.717) is 11.3 Å². The van der Waals surface area contributed by atoms with Gasteiger partial charge in [0.05, 0.1) is 17.3 Å². The maximum atomic E-state index is 12.9. The monoisotopic (exact) mass is 398 g/mol. The molecule has 0 aliphatic rings. The number of thiazole rings is 1. The van der Waals surface area contributed by atoms with Crippen molar-refractivity contribution >= 4 is 33.1 Å². The van der Waals surface area contributed by atoms with Gasteiger partial charge in [-0.1, -0.05) is 25.2 Å². The molecule has 5 nitrogen and oxygen atoms in total. The highest BCUT2D eigenvalue weighted by molar-refractivity contribution is 7.16. The topological polar surface area (TPSA) is 60.3 Å². The number of carbonyl (C=O) groups excluding carboxylic acids is 1. The summed E-state index contributed by atoms with van der Waals surface area (Å²) in [5.74, 6) is 0.869. The van der Waals surface area contributed by atoms with Gasteiger partial charge in [0.1, 0.15) is 5.75 Å². The Bertz CT molecular complexity index is 1090. The van der Waals surface area contributed by atoms with Gasteiger partial charge in [0, 0.05) is 17.3 Å². The standard InChI is InChI=1S/C22H26N2O3S/c1-12(2)16-11-17(14(5)9-19(16)27-6)21(25)23-15-7-8-18-20(10-15)28-22(26)24(18)13(3)4/h7-13H,1-6H3,(H,23,25). The van der Waals surface area contributed by atoms with Gasteiger partial charge in [-0.05, 0) is 68.1 Å². The molecule has 0 saturated heterocycles. The van der Waals surface area contributed by atoms with E-state index in [4.69, 9.17) is 4.74 Å². The number of methoxy groups -OCH3 is 1. The fourth-order valence-corrected chi connectivity index (χ4v) is 4.42. The van der Waals surface area contributed by atoms with Crippen LogP contribution in [-0.2, 0) is 0 Å². The molecule has 1 aromatic heterocycles. The normalized spacial score (nSPS) is 11.4. The van der Waals surface area contributed by atoms with Crippen LogP contribution in [0.25, 0.3) is 10.2 Å². The van der Waals surface area contributed by atoms with Gasteiger partial charge in [-0.25, -0.2) is 0 Å². The maximum absolute atomic E-state index is 12.9. The van der Waals surface area contributed by atoms with Crippen molar-refractivity contribution in [3.05, 3.63) is 56.7 Å². The number of rotatable bonds is 5. The molecule has 3 aromatic rings. The van der Waals surface area contributed by atoms with Gasteiger partial charge in [0.25, 0.3) is 5.91 Å². The van der Waals surface area contributed by atoms with Crippen molar-refractivity contribution < 1.29 is 9.53 Å². The zero-order chi connectivity index (χ0) is 20.6. The summed E-state index contributed by atoms with van der Waals surface area (Å²) >= 11 is 1.20. The number of hydrogen-bond donors (Lipinski definition) is 1. The van der Waals surface area contributed by atoms with Crippen LogP contribution in [-0.4, -0.2) is 17.6 Å². The van der Waals surface area contributed by atoms with Crippen molar-refractivity contribution in [2.45, 2.75) is 46.6 Å². The van der Waals surface area contributed by atoms with Crippen LogP contribution < -0.4 is 14.9 Å². The molecule has 148 valence electrons. The lowest BCUT2D eigenvalue weighted by Gasteiger charge is -2.16. The van der Waals surface area contributed by atoms with Crippen LogP contribution in [0.4, 0.5) is 5.69 Å². The number of fused-ring (bicyclic) bond motifs is 1. The smallest absolute Gasteiger partial charge is 0.308 e. The number of amides is 1. The number of anilines is 1. The Morgan fingerprint density at radius 1 is 1.14 bits per heavy atom. The highest BCUT2D eigenvalue weighted by atomic mass is 32.1. The molecule has 0 spiro atoms. The fraction of sp³-hybridized carbons (Fsp3) is 0.364. The van der Waals surface area contributed by atoms with E-state index in [9.17, 15) is 9.59 Å². The van der Waals surface area contributed by atoms with Gasteiger partial charge in [-0.15, -0.1) is 0 Å². The Labute approximate surface area is 169 Å². The SMILES string of the molecule is COc1cc(C)c(C(=O)Nc2ccc3c(c2)sc(=O)n3C(C)C)cc1C(C)C. The first kappa shape index (κ1) is 20.1. The maximum Gasteiger partial charge on any atom is 0.308 e. The lowest BCUT2D eigenvalue weighted by Crippen LogP contribution is -2.15. The Morgan fingerprint density at radius 3 is 2.46 bits per heavy atom. The second-order valence-corrected chi connectivity index (χ2v) is 8.53. The van der Waals surface area contributed by atoms with Crippen LogP contribution in [0.2, 0.25) is 0 Å². The molecule has 0 fully saturated rings. The van der Waals surface area contributed by atoms with E-state index in [-0.39, 0.29) is 22.7 Å². The number of carbonyl (C=O) groups is 1. The molecule has 0 aliphatic carbocycles. The molecule has 3 rings (SSSR count). The average Bonchev–Trinajstić information content (AvgIpc) is 2.95. The molecule has 0 bridgehead atoms. The number of aryl methyl sites for hydroxylation is 1. The first-order chi connectivity index (χ1) is 13.2. The minimum Gasteiger partial charge on any atom is -0.496 e. The Morgan fingerprint density at radius 2 is 1.86 bits per heavy atom. The van der Waals surface area contributed by atoms with E-state index in [1.165, 1.54) is 11.3 Å². The van der Waals surface area contributed by atoms with Crippen molar-refractivity contribution in [1.29, 1.82) is 0 Å². The molecular formula is C22H26N2O3S. The van der Waals surface area contributed by atoms with Gasteiger partial charge in [0.15, 0.2) is 0 Å². The van der Waals surface area contributed by atoms with Crippen LogP contribution >= 0.6 is 11.3 Å². The van der Waals surface area contributed by atoms with Crippen molar-refractivity contribution in [2.75, 3.05) is 12.4 Å². The lowest BCUT2D eigenvalue weighted by atomic mass is 9.96. The van der Waals surface area contributed by atoms with E-state index < -0.39 is 0 Å². The summed E-state index contributed by atoms with van der Waals surface area (Å²) in [6, 6.07) is 9.50. The highest BCUT2D eigenvalue weighted by Crippen LogP contribution is 2.30. The van der Waals surface area contributed by atoms with Crippen molar-refractivity contribution in [3.8, 4) is 5.75 Å². The average molecular weight is 399 g/mol. The van der Waals surface area contributed by atoms with Crippen LogP contribution in [0, 0.1) is 6.92 Å². The summed E-state index contributed by atoms with van der Waals surface area (Å²) in [6.45, 7) is 10.0. The first-order valence-electron chi connectivity index (χ1n) is 9.38. The molecule has 0 saturated carbocycles. The Balaban J connectivity index is 1.95. The Hall–Kier alpha value is -2.60. The number of hydrogen-bond acceptors (Lipinski definition) is 4. The molecule has 1 N–H and O–H groups in total. The zero-order valence-corrected chi connectivity index (χ0v) is 17.9. The summed E-state index contributed by atoms with van der Waals surface area (Å²) in [7, 11) is 1.64. The summed E-state index contributed by atoms with van der Waals surface area (Å²) in [5, 5.41) is 2.97. The van der Waals surface area contributed by atoms with E-state index in [0.717, 1.165) is 27.1 Å². The summed E-state index contributed by atoms with van der Waals surface area (Å²) < 4.78 is 8.10. The summed E-state index contributed by atoms with van der Waals surface area (Å²) in [4.78, 5) is 25.1.